The standard InChI is InChI=1S/C15H5Br2ClF7OS/c16-8-5-10(17)12(7-1-3-9(18)4-2-7)11(6-8)27(26)15(24,25)13(19,20)14(21,22)23/h1-4,6H. The van der Waals surface area contributed by atoms with E-state index in [4.69, 9.17) is 11.6 Å². The van der Waals surface area contributed by atoms with E-state index < -0.39 is 33.4 Å². The molecule has 2 aromatic rings. The second-order valence-electron chi connectivity index (χ2n) is 5.04. The van der Waals surface area contributed by atoms with E-state index in [2.05, 4.69) is 37.9 Å². The number of hydrogen-bond acceptors (Lipinski definition) is 1. The van der Waals surface area contributed by atoms with Crippen molar-refractivity contribution in [1.29, 1.82) is 0 Å². The van der Waals surface area contributed by atoms with Crippen molar-refractivity contribution in [2.75, 3.05) is 0 Å². The minimum atomic E-state index is -6.60. The molecule has 0 bridgehead atoms. The Labute approximate surface area is 173 Å². The molecule has 1 nitrogen and oxygen atoms in total. The Balaban J connectivity index is 2.69. The van der Waals surface area contributed by atoms with Gasteiger partial charge in [-0.05, 0) is 49.6 Å². The molecule has 147 valence electrons. The summed E-state index contributed by atoms with van der Waals surface area (Å²) >= 11 is 7.49. The first-order valence-corrected chi connectivity index (χ1v) is 9.73. The van der Waals surface area contributed by atoms with Crippen molar-refractivity contribution in [3.8, 4) is 11.1 Å². The molecule has 0 aliphatic rings. The summed E-state index contributed by atoms with van der Waals surface area (Å²) < 4.78 is 104. The van der Waals surface area contributed by atoms with Crippen molar-refractivity contribution >= 4 is 54.6 Å². The van der Waals surface area contributed by atoms with Gasteiger partial charge >= 0.3 is 17.4 Å². The molecule has 12 heteroatoms. The second kappa shape index (κ2) is 7.74. The van der Waals surface area contributed by atoms with E-state index in [9.17, 15) is 35.3 Å². The monoisotopic (exact) mass is 559 g/mol. The van der Waals surface area contributed by atoms with E-state index in [1.807, 2.05) is 0 Å². The summed E-state index contributed by atoms with van der Waals surface area (Å²) in [7, 11) is 0. The smallest absolute Gasteiger partial charge is 0.486 e. The lowest BCUT2D eigenvalue weighted by Gasteiger charge is -2.29. The molecular weight excluding hydrogens is 556 g/mol. The Kier molecular flexibility index (Phi) is 6.53. The molecule has 1 atom stereocenters. The van der Waals surface area contributed by atoms with Crippen molar-refractivity contribution in [3.63, 3.8) is 0 Å². The fourth-order valence-electron chi connectivity index (χ4n) is 1.95. The SMILES string of the molecule is [O-][S+](c1cc(Br)[c]c(Br)c1-c1ccc(Cl)cc1)C(F)(F)C(F)(F)C(F)(F)F. The minimum Gasteiger partial charge on any atom is -0.606 e. The molecule has 1 radical (unpaired) electrons. The molecule has 0 amide bonds. The first kappa shape index (κ1) is 22.8. The minimum absolute atomic E-state index is 0.0753. The molecule has 1 unspecified atom stereocenters. The molecule has 0 aromatic heterocycles. The number of alkyl halides is 7. The maximum absolute atomic E-state index is 14.0. The molecule has 0 spiro atoms. The molecule has 0 aliphatic carbocycles. The van der Waals surface area contributed by atoms with Crippen LogP contribution in [-0.4, -0.2) is 21.9 Å². The highest BCUT2D eigenvalue weighted by atomic mass is 79.9. The molecular formula is C15H5Br2ClF7OS. The van der Waals surface area contributed by atoms with E-state index in [1.54, 1.807) is 0 Å². The third-order valence-corrected chi connectivity index (χ3v) is 5.96. The fourth-order valence-corrected chi connectivity index (χ4v) is 4.96. The molecule has 2 aromatic carbocycles. The van der Waals surface area contributed by atoms with Crippen LogP contribution in [0.25, 0.3) is 11.1 Å². The van der Waals surface area contributed by atoms with E-state index in [0.29, 0.717) is 0 Å². The van der Waals surface area contributed by atoms with Crippen LogP contribution >= 0.6 is 43.5 Å². The van der Waals surface area contributed by atoms with Crippen LogP contribution in [0.5, 0.6) is 0 Å². The van der Waals surface area contributed by atoms with Crippen LogP contribution in [0.1, 0.15) is 0 Å². The molecule has 2 rings (SSSR count). The zero-order valence-electron chi connectivity index (χ0n) is 12.5. The summed E-state index contributed by atoms with van der Waals surface area (Å²) in [4.78, 5) is -0.941. The van der Waals surface area contributed by atoms with E-state index >= 15 is 0 Å². The normalized spacial score (nSPS) is 14.3. The van der Waals surface area contributed by atoms with Crippen molar-refractivity contribution in [2.45, 2.75) is 22.2 Å². The van der Waals surface area contributed by atoms with E-state index in [1.165, 1.54) is 24.3 Å². The van der Waals surface area contributed by atoms with Gasteiger partial charge in [-0.15, -0.1) is 8.78 Å². The Morgan fingerprint density at radius 3 is 1.96 bits per heavy atom. The lowest BCUT2D eigenvalue weighted by atomic mass is 10.1. The van der Waals surface area contributed by atoms with Crippen molar-refractivity contribution in [1.82, 2.24) is 0 Å². The predicted octanol–water partition coefficient (Wildman–Crippen LogP) is 7.23. The highest BCUT2D eigenvalue weighted by Crippen LogP contribution is 2.52. The molecule has 0 fully saturated rings. The largest absolute Gasteiger partial charge is 0.606 e. The summed E-state index contributed by atoms with van der Waals surface area (Å²) in [5.74, 6) is -6.51. The van der Waals surface area contributed by atoms with Gasteiger partial charge in [0.05, 0.1) is 16.7 Å². The average Bonchev–Trinajstić information content (AvgIpc) is 2.53. The maximum atomic E-state index is 14.0. The van der Waals surface area contributed by atoms with Gasteiger partial charge in [-0.25, -0.2) is 0 Å². The summed E-state index contributed by atoms with van der Waals surface area (Å²) in [6.07, 6.45) is -6.60. The van der Waals surface area contributed by atoms with Gasteiger partial charge in [-0.1, -0.05) is 23.7 Å². The number of rotatable bonds is 4. The van der Waals surface area contributed by atoms with Crippen molar-refractivity contribution in [3.05, 3.63) is 50.4 Å². The van der Waals surface area contributed by atoms with Gasteiger partial charge in [0.15, 0.2) is 4.90 Å². The van der Waals surface area contributed by atoms with Gasteiger partial charge < -0.3 is 4.55 Å². The molecule has 27 heavy (non-hydrogen) atoms. The van der Waals surface area contributed by atoms with Crippen LogP contribution in [-0.2, 0) is 11.2 Å². The van der Waals surface area contributed by atoms with E-state index in [-0.39, 0.29) is 25.1 Å². The first-order valence-electron chi connectivity index (χ1n) is 6.61. The summed E-state index contributed by atoms with van der Waals surface area (Å²) in [5, 5.41) is -5.67. The number of halogens is 10. The zero-order valence-corrected chi connectivity index (χ0v) is 17.2. The Bertz CT molecular complexity index is 843. The third-order valence-electron chi connectivity index (χ3n) is 3.24. The summed E-state index contributed by atoms with van der Waals surface area (Å²) in [6, 6.07) is 8.58. The lowest BCUT2D eigenvalue weighted by Crippen LogP contribution is -2.56. The highest BCUT2D eigenvalue weighted by molar-refractivity contribution is 9.11. The highest BCUT2D eigenvalue weighted by Gasteiger charge is 2.80. The van der Waals surface area contributed by atoms with Crippen molar-refractivity contribution in [2.24, 2.45) is 0 Å². The van der Waals surface area contributed by atoms with Gasteiger partial charge in [0.25, 0.3) is 0 Å². The van der Waals surface area contributed by atoms with Gasteiger partial charge in [0.2, 0.25) is 0 Å². The van der Waals surface area contributed by atoms with Gasteiger partial charge in [-0.3, -0.25) is 0 Å². The van der Waals surface area contributed by atoms with Crippen LogP contribution in [0.4, 0.5) is 30.7 Å². The summed E-state index contributed by atoms with van der Waals surface area (Å²) in [6.45, 7) is 0. The molecule has 0 saturated heterocycles. The zero-order chi connectivity index (χ0) is 20.8. The lowest BCUT2D eigenvalue weighted by molar-refractivity contribution is -0.332. The molecule has 0 aliphatic heterocycles. The summed E-state index contributed by atoms with van der Waals surface area (Å²) in [5.41, 5.74) is -0.185. The van der Waals surface area contributed by atoms with Crippen LogP contribution in [0.15, 0.2) is 44.2 Å². The predicted molar refractivity (Wildman–Crippen MR) is 93.5 cm³/mol. The fraction of sp³-hybridized carbons (Fsp3) is 0.200. The maximum Gasteiger partial charge on any atom is 0.486 e. The van der Waals surface area contributed by atoms with E-state index in [0.717, 1.165) is 6.07 Å². The topological polar surface area (TPSA) is 23.1 Å². The molecule has 0 saturated carbocycles. The van der Waals surface area contributed by atoms with Crippen LogP contribution in [0.3, 0.4) is 0 Å². The van der Waals surface area contributed by atoms with Gasteiger partial charge in [0, 0.05) is 26.1 Å². The molecule has 0 N–H and O–H groups in total. The molecule has 0 heterocycles. The van der Waals surface area contributed by atoms with Gasteiger partial charge in [0.1, 0.15) is 0 Å². The Hall–Kier alpha value is -0.490. The van der Waals surface area contributed by atoms with Crippen LogP contribution < -0.4 is 0 Å². The van der Waals surface area contributed by atoms with Crippen LogP contribution in [0.2, 0.25) is 5.02 Å². The van der Waals surface area contributed by atoms with Crippen molar-refractivity contribution < 1.29 is 35.3 Å². The third kappa shape index (κ3) is 4.26. The average molecular weight is 562 g/mol. The number of hydrogen-bond donors (Lipinski definition) is 0. The Morgan fingerprint density at radius 2 is 1.48 bits per heavy atom. The second-order valence-corrected chi connectivity index (χ2v) is 8.61. The Morgan fingerprint density at radius 1 is 0.963 bits per heavy atom. The quantitative estimate of drug-likeness (QED) is 0.285. The first-order chi connectivity index (χ1) is 12.2. The van der Waals surface area contributed by atoms with Crippen LogP contribution in [0, 0.1) is 6.07 Å². The van der Waals surface area contributed by atoms with Gasteiger partial charge in [-0.2, -0.15) is 22.0 Å². The number of benzene rings is 2.